The second-order valence-corrected chi connectivity index (χ2v) is 11.3. The van der Waals surface area contributed by atoms with E-state index in [0.29, 0.717) is 28.9 Å². The SMILES string of the molecule is CS(=O)(=O)N[C@@H]1CCCC[C@H]1Nc1nc(Nc2ccc3c(c2)C2CCC(C3)N2)ncc1Cl. The molecule has 1 saturated heterocycles. The summed E-state index contributed by atoms with van der Waals surface area (Å²) < 4.78 is 26.3. The normalized spacial score (nSPS) is 27.1. The van der Waals surface area contributed by atoms with Gasteiger partial charge in [-0.2, -0.15) is 4.98 Å². The number of sulfonamides is 1. The van der Waals surface area contributed by atoms with Crippen molar-refractivity contribution in [1.29, 1.82) is 0 Å². The van der Waals surface area contributed by atoms with Gasteiger partial charge in [0.1, 0.15) is 5.02 Å². The summed E-state index contributed by atoms with van der Waals surface area (Å²) in [5.41, 5.74) is 3.72. The maximum atomic E-state index is 11.8. The second-order valence-electron chi connectivity index (χ2n) is 9.16. The molecule has 2 aliphatic heterocycles. The van der Waals surface area contributed by atoms with E-state index in [1.54, 1.807) is 6.20 Å². The highest BCUT2D eigenvalue weighted by molar-refractivity contribution is 7.88. The van der Waals surface area contributed by atoms with Crippen LogP contribution < -0.4 is 20.7 Å². The first-order valence-corrected chi connectivity index (χ1v) is 13.5. The van der Waals surface area contributed by atoms with Gasteiger partial charge in [-0.05, 0) is 55.4 Å². The fourth-order valence-electron chi connectivity index (χ4n) is 5.23. The Morgan fingerprint density at radius 3 is 2.75 bits per heavy atom. The van der Waals surface area contributed by atoms with Gasteiger partial charge >= 0.3 is 0 Å². The third kappa shape index (κ3) is 4.85. The van der Waals surface area contributed by atoms with Gasteiger partial charge in [-0.25, -0.2) is 18.1 Å². The lowest BCUT2D eigenvalue weighted by molar-refractivity contribution is 0.379. The van der Waals surface area contributed by atoms with Gasteiger partial charge in [-0.1, -0.05) is 30.5 Å². The molecule has 1 aromatic carbocycles. The van der Waals surface area contributed by atoms with Gasteiger partial charge < -0.3 is 16.0 Å². The molecule has 0 spiro atoms. The molecular formula is C22H29ClN6O2S. The average Bonchev–Trinajstić information content (AvgIpc) is 3.13. The zero-order chi connectivity index (χ0) is 22.3. The van der Waals surface area contributed by atoms with Crippen LogP contribution in [-0.2, 0) is 16.4 Å². The van der Waals surface area contributed by atoms with E-state index < -0.39 is 10.0 Å². The molecule has 2 fully saturated rings. The summed E-state index contributed by atoms with van der Waals surface area (Å²) in [6.45, 7) is 0. The van der Waals surface area contributed by atoms with Crippen molar-refractivity contribution in [2.75, 3.05) is 16.9 Å². The largest absolute Gasteiger partial charge is 0.364 e. The van der Waals surface area contributed by atoms with Gasteiger partial charge in [-0.3, -0.25) is 0 Å². The highest BCUT2D eigenvalue weighted by Gasteiger charge is 2.32. The summed E-state index contributed by atoms with van der Waals surface area (Å²) in [7, 11) is -3.29. The number of fused-ring (bicyclic) bond motifs is 4. The molecule has 5 rings (SSSR count). The van der Waals surface area contributed by atoms with Crippen molar-refractivity contribution in [2.24, 2.45) is 0 Å². The molecule has 2 unspecified atom stereocenters. The summed E-state index contributed by atoms with van der Waals surface area (Å²) >= 11 is 6.37. The predicted octanol–water partition coefficient (Wildman–Crippen LogP) is 3.50. The summed E-state index contributed by atoms with van der Waals surface area (Å²) in [5.74, 6) is 0.961. The van der Waals surface area contributed by atoms with Crippen molar-refractivity contribution in [2.45, 2.75) is 69.1 Å². The van der Waals surface area contributed by atoms with E-state index in [0.717, 1.165) is 37.8 Å². The number of rotatable bonds is 6. The molecule has 2 aromatic rings. The minimum Gasteiger partial charge on any atom is -0.364 e. The minimum atomic E-state index is -3.29. The van der Waals surface area contributed by atoms with Gasteiger partial charge in [0.25, 0.3) is 0 Å². The first-order chi connectivity index (χ1) is 15.3. The number of hydrogen-bond acceptors (Lipinski definition) is 7. The standard InChI is InChI=1S/C22H29ClN6O2S/c1-32(30,31)29-20-5-3-2-4-19(20)27-21-17(23)12-24-22(28-21)26-15-7-6-13-10-14-8-9-18(25-14)16(13)11-15/h6-7,11-12,14,18-20,25,29H,2-5,8-10H2,1H3,(H2,24,26,27,28)/t14?,18?,19-,20-/m1/s1. The van der Waals surface area contributed by atoms with Crippen molar-refractivity contribution in [1.82, 2.24) is 20.0 Å². The van der Waals surface area contributed by atoms with E-state index in [-0.39, 0.29) is 12.1 Å². The van der Waals surface area contributed by atoms with Crippen LogP contribution in [0.25, 0.3) is 0 Å². The minimum absolute atomic E-state index is 0.0798. The van der Waals surface area contributed by atoms with Gasteiger partial charge in [0.05, 0.1) is 12.5 Å². The molecule has 3 aliphatic rings. The van der Waals surface area contributed by atoms with E-state index in [2.05, 4.69) is 48.8 Å². The number of nitrogens with one attached hydrogen (secondary N) is 4. The molecule has 32 heavy (non-hydrogen) atoms. The lowest BCUT2D eigenvalue weighted by Crippen LogP contribution is -2.48. The summed E-state index contributed by atoms with van der Waals surface area (Å²) in [4.78, 5) is 8.94. The third-order valence-electron chi connectivity index (χ3n) is 6.68. The van der Waals surface area contributed by atoms with Crippen LogP contribution in [0.1, 0.15) is 55.7 Å². The van der Waals surface area contributed by atoms with Crippen molar-refractivity contribution < 1.29 is 8.42 Å². The Labute approximate surface area is 194 Å². The van der Waals surface area contributed by atoms with E-state index in [1.807, 2.05) is 0 Å². The number of halogens is 1. The van der Waals surface area contributed by atoms with Crippen molar-refractivity contribution in [3.8, 4) is 0 Å². The number of benzene rings is 1. The van der Waals surface area contributed by atoms with Gasteiger partial charge in [0.15, 0.2) is 5.82 Å². The molecule has 10 heteroatoms. The number of hydrogen-bond donors (Lipinski definition) is 4. The maximum absolute atomic E-state index is 11.8. The van der Waals surface area contributed by atoms with E-state index in [4.69, 9.17) is 11.6 Å². The van der Waals surface area contributed by atoms with Gasteiger partial charge in [0, 0.05) is 29.9 Å². The molecule has 1 aromatic heterocycles. The van der Waals surface area contributed by atoms with Crippen LogP contribution in [0.5, 0.6) is 0 Å². The molecule has 172 valence electrons. The Balaban J connectivity index is 1.33. The molecule has 0 radical (unpaired) electrons. The second kappa shape index (κ2) is 8.78. The Morgan fingerprint density at radius 1 is 1.12 bits per heavy atom. The molecule has 4 N–H and O–H groups in total. The quantitative estimate of drug-likeness (QED) is 0.505. The third-order valence-corrected chi connectivity index (χ3v) is 7.69. The number of nitrogens with zero attached hydrogens (tertiary/aromatic N) is 2. The highest BCUT2D eigenvalue weighted by atomic mass is 35.5. The zero-order valence-corrected chi connectivity index (χ0v) is 19.6. The van der Waals surface area contributed by atoms with Crippen molar-refractivity contribution in [3.63, 3.8) is 0 Å². The van der Waals surface area contributed by atoms with Crippen molar-refractivity contribution >= 4 is 39.1 Å². The zero-order valence-electron chi connectivity index (χ0n) is 18.1. The molecule has 1 aliphatic carbocycles. The monoisotopic (exact) mass is 476 g/mol. The van der Waals surface area contributed by atoms with Crippen LogP contribution in [0, 0.1) is 0 Å². The Morgan fingerprint density at radius 2 is 1.94 bits per heavy atom. The topological polar surface area (TPSA) is 108 Å². The van der Waals surface area contributed by atoms with E-state index in [1.165, 1.54) is 30.2 Å². The maximum Gasteiger partial charge on any atom is 0.229 e. The average molecular weight is 477 g/mol. The Bertz CT molecular complexity index is 1110. The van der Waals surface area contributed by atoms with Crippen LogP contribution in [-0.4, -0.2) is 42.8 Å². The fourth-order valence-corrected chi connectivity index (χ4v) is 6.20. The smallest absolute Gasteiger partial charge is 0.229 e. The molecule has 3 heterocycles. The molecule has 0 amide bonds. The van der Waals surface area contributed by atoms with Crippen LogP contribution in [0.4, 0.5) is 17.5 Å². The van der Waals surface area contributed by atoms with E-state index in [9.17, 15) is 8.42 Å². The summed E-state index contributed by atoms with van der Waals surface area (Å²) in [6, 6.07) is 7.23. The summed E-state index contributed by atoms with van der Waals surface area (Å²) in [5, 5.41) is 10.8. The number of aromatic nitrogens is 2. The first kappa shape index (κ1) is 21.9. The summed E-state index contributed by atoms with van der Waals surface area (Å²) in [6.07, 6.45) is 9.90. The lowest BCUT2D eigenvalue weighted by atomic mass is 9.91. The Kier molecular flexibility index (Phi) is 6.00. The van der Waals surface area contributed by atoms with Gasteiger partial charge in [0.2, 0.25) is 16.0 Å². The highest BCUT2D eigenvalue weighted by Crippen LogP contribution is 2.37. The number of anilines is 3. The molecule has 4 atom stereocenters. The fraction of sp³-hybridized carbons (Fsp3) is 0.545. The van der Waals surface area contributed by atoms with Crippen LogP contribution >= 0.6 is 11.6 Å². The molecule has 1 saturated carbocycles. The van der Waals surface area contributed by atoms with Crippen molar-refractivity contribution in [3.05, 3.63) is 40.5 Å². The molecule has 2 bridgehead atoms. The van der Waals surface area contributed by atoms with Crippen LogP contribution in [0.3, 0.4) is 0 Å². The van der Waals surface area contributed by atoms with Crippen LogP contribution in [0.15, 0.2) is 24.4 Å². The molecular weight excluding hydrogens is 448 g/mol. The molecule has 8 nitrogen and oxygen atoms in total. The van der Waals surface area contributed by atoms with Crippen LogP contribution in [0.2, 0.25) is 5.02 Å². The predicted molar refractivity (Wildman–Crippen MR) is 127 cm³/mol. The van der Waals surface area contributed by atoms with Gasteiger partial charge in [-0.15, -0.1) is 0 Å². The Hall–Kier alpha value is -1.94. The first-order valence-electron chi connectivity index (χ1n) is 11.3. The van der Waals surface area contributed by atoms with E-state index >= 15 is 0 Å². The lowest BCUT2D eigenvalue weighted by Gasteiger charge is -2.32.